The van der Waals surface area contributed by atoms with Crippen molar-refractivity contribution >= 4 is 28.6 Å². The molecule has 0 spiro atoms. The van der Waals surface area contributed by atoms with Crippen molar-refractivity contribution in [1.82, 2.24) is 0 Å². The van der Waals surface area contributed by atoms with Crippen molar-refractivity contribution in [3.05, 3.63) is 15.8 Å². The van der Waals surface area contributed by atoms with E-state index in [0.29, 0.717) is 6.04 Å². The highest BCUT2D eigenvalue weighted by Crippen LogP contribution is 2.37. The zero-order chi connectivity index (χ0) is 10.1. The molecular weight excluding hydrogens is 214 g/mol. The Kier molecular flexibility index (Phi) is 3.03. The highest BCUT2D eigenvalue weighted by atomic mass is 35.5. The van der Waals surface area contributed by atoms with E-state index < -0.39 is 0 Å². The number of hydrogen-bond donors (Lipinski definition) is 1. The third-order valence-corrected chi connectivity index (χ3v) is 4.26. The molecule has 0 aliphatic heterocycles. The summed E-state index contributed by atoms with van der Waals surface area (Å²) >= 11 is 7.61. The molecule has 0 unspecified atom stereocenters. The molecule has 1 aliphatic carbocycles. The topological polar surface area (TPSA) is 12.0 Å². The van der Waals surface area contributed by atoms with E-state index in [-0.39, 0.29) is 0 Å². The van der Waals surface area contributed by atoms with Gasteiger partial charge in [0.15, 0.2) is 0 Å². The standard InChI is InChI=1S/C11H16ClNS/c1-7(2)8-5-9(6-8)13-10-3-4-14-11(10)12/h3-4,7-9,13H,5-6H2,1-2H3. The molecule has 1 aromatic rings. The first-order chi connectivity index (χ1) is 6.66. The van der Waals surface area contributed by atoms with E-state index in [1.807, 2.05) is 5.38 Å². The molecule has 0 amide bonds. The van der Waals surface area contributed by atoms with Crippen molar-refractivity contribution in [1.29, 1.82) is 0 Å². The summed E-state index contributed by atoms with van der Waals surface area (Å²) in [4.78, 5) is 0. The van der Waals surface area contributed by atoms with Crippen LogP contribution in [0, 0.1) is 11.8 Å². The molecule has 1 nitrogen and oxygen atoms in total. The van der Waals surface area contributed by atoms with E-state index in [2.05, 4.69) is 25.2 Å². The predicted octanol–water partition coefficient (Wildman–Crippen LogP) is 4.25. The Morgan fingerprint density at radius 3 is 2.71 bits per heavy atom. The average Bonchev–Trinajstić information content (AvgIpc) is 2.42. The Bertz CT molecular complexity index is 302. The number of halogens is 1. The Balaban J connectivity index is 1.82. The minimum absolute atomic E-state index is 0.648. The van der Waals surface area contributed by atoms with Gasteiger partial charge in [0.05, 0.1) is 5.69 Å². The SMILES string of the molecule is CC(C)C1CC(Nc2ccsc2Cl)C1. The first-order valence-electron chi connectivity index (χ1n) is 5.16. The normalized spacial score (nSPS) is 26.3. The lowest BCUT2D eigenvalue weighted by atomic mass is 9.73. The molecule has 78 valence electrons. The maximum absolute atomic E-state index is 6.02. The Labute approximate surface area is 94.5 Å². The number of nitrogens with one attached hydrogen (secondary N) is 1. The third-order valence-electron chi connectivity index (χ3n) is 3.09. The minimum atomic E-state index is 0.648. The molecule has 0 bridgehead atoms. The molecule has 0 atom stereocenters. The van der Waals surface area contributed by atoms with Crippen molar-refractivity contribution in [3.8, 4) is 0 Å². The fraction of sp³-hybridized carbons (Fsp3) is 0.636. The highest BCUT2D eigenvalue weighted by molar-refractivity contribution is 7.15. The lowest BCUT2D eigenvalue weighted by Crippen LogP contribution is -2.37. The minimum Gasteiger partial charge on any atom is -0.380 e. The van der Waals surface area contributed by atoms with E-state index >= 15 is 0 Å². The van der Waals surface area contributed by atoms with Gasteiger partial charge in [-0.3, -0.25) is 0 Å². The second kappa shape index (κ2) is 4.11. The van der Waals surface area contributed by atoms with Crippen molar-refractivity contribution in [2.24, 2.45) is 11.8 Å². The quantitative estimate of drug-likeness (QED) is 0.817. The van der Waals surface area contributed by atoms with Crippen LogP contribution in [0.1, 0.15) is 26.7 Å². The second-order valence-electron chi connectivity index (χ2n) is 4.42. The first kappa shape index (κ1) is 10.3. The van der Waals surface area contributed by atoms with E-state index in [4.69, 9.17) is 11.6 Å². The van der Waals surface area contributed by atoms with Gasteiger partial charge >= 0.3 is 0 Å². The molecule has 1 fully saturated rings. The lowest BCUT2D eigenvalue weighted by Gasteiger charge is -2.38. The molecule has 1 heterocycles. The number of hydrogen-bond acceptors (Lipinski definition) is 2. The summed E-state index contributed by atoms with van der Waals surface area (Å²) in [7, 11) is 0. The van der Waals surface area contributed by atoms with Crippen LogP contribution in [-0.2, 0) is 0 Å². The Morgan fingerprint density at radius 1 is 1.50 bits per heavy atom. The van der Waals surface area contributed by atoms with Crippen LogP contribution in [0.5, 0.6) is 0 Å². The van der Waals surface area contributed by atoms with Gasteiger partial charge in [0, 0.05) is 6.04 Å². The van der Waals surface area contributed by atoms with Gasteiger partial charge in [-0.2, -0.15) is 0 Å². The fourth-order valence-corrected chi connectivity index (χ4v) is 2.79. The molecule has 1 N–H and O–H groups in total. The van der Waals surface area contributed by atoms with Gasteiger partial charge in [-0.05, 0) is 36.1 Å². The summed E-state index contributed by atoms with van der Waals surface area (Å²) in [5.41, 5.74) is 1.11. The second-order valence-corrected chi connectivity index (χ2v) is 5.94. The molecular formula is C11H16ClNS. The summed E-state index contributed by atoms with van der Waals surface area (Å²) in [6.45, 7) is 4.61. The van der Waals surface area contributed by atoms with Crippen molar-refractivity contribution in [3.63, 3.8) is 0 Å². The van der Waals surface area contributed by atoms with E-state index in [1.54, 1.807) is 11.3 Å². The van der Waals surface area contributed by atoms with Gasteiger partial charge < -0.3 is 5.32 Å². The summed E-state index contributed by atoms with van der Waals surface area (Å²) in [5, 5.41) is 5.52. The van der Waals surface area contributed by atoms with Crippen LogP contribution in [0.4, 0.5) is 5.69 Å². The Hall–Kier alpha value is -0.210. The molecule has 1 saturated carbocycles. The molecule has 2 rings (SSSR count). The van der Waals surface area contributed by atoms with Gasteiger partial charge in [-0.1, -0.05) is 25.4 Å². The monoisotopic (exact) mass is 229 g/mol. The summed E-state index contributed by atoms with van der Waals surface area (Å²) < 4.78 is 0.887. The Morgan fingerprint density at radius 2 is 2.21 bits per heavy atom. The van der Waals surface area contributed by atoms with Crippen LogP contribution < -0.4 is 5.32 Å². The first-order valence-corrected chi connectivity index (χ1v) is 6.42. The smallest absolute Gasteiger partial charge is 0.116 e. The van der Waals surface area contributed by atoms with Crippen molar-refractivity contribution in [2.45, 2.75) is 32.7 Å². The lowest BCUT2D eigenvalue weighted by molar-refractivity contribution is 0.212. The van der Waals surface area contributed by atoms with Crippen LogP contribution in [0.3, 0.4) is 0 Å². The van der Waals surface area contributed by atoms with Gasteiger partial charge in [-0.25, -0.2) is 0 Å². The summed E-state index contributed by atoms with van der Waals surface area (Å²) in [5.74, 6) is 1.73. The van der Waals surface area contributed by atoms with Crippen molar-refractivity contribution < 1.29 is 0 Å². The van der Waals surface area contributed by atoms with E-state index in [1.165, 1.54) is 12.8 Å². The van der Waals surface area contributed by atoms with Crippen LogP contribution in [0.2, 0.25) is 4.34 Å². The fourth-order valence-electron chi connectivity index (χ4n) is 1.94. The maximum atomic E-state index is 6.02. The predicted molar refractivity (Wildman–Crippen MR) is 64.3 cm³/mol. The van der Waals surface area contributed by atoms with Crippen LogP contribution >= 0.6 is 22.9 Å². The van der Waals surface area contributed by atoms with E-state index in [9.17, 15) is 0 Å². The third kappa shape index (κ3) is 2.06. The molecule has 1 aromatic heterocycles. The van der Waals surface area contributed by atoms with Gasteiger partial charge in [0.25, 0.3) is 0 Å². The van der Waals surface area contributed by atoms with Crippen LogP contribution in [-0.4, -0.2) is 6.04 Å². The van der Waals surface area contributed by atoms with Crippen LogP contribution in [0.15, 0.2) is 11.4 Å². The molecule has 14 heavy (non-hydrogen) atoms. The molecule has 0 aromatic carbocycles. The average molecular weight is 230 g/mol. The maximum Gasteiger partial charge on any atom is 0.116 e. The van der Waals surface area contributed by atoms with Crippen LogP contribution in [0.25, 0.3) is 0 Å². The van der Waals surface area contributed by atoms with Gasteiger partial charge in [0.2, 0.25) is 0 Å². The van der Waals surface area contributed by atoms with Gasteiger partial charge in [-0.15, -0.1) is 11.3 Å². The molecule has 0 saturated heterocycles. The number of anilines is 1. The number of rotatable bonds is 3. The van der Waals surface area contributed by atoms with E-state index in [0.717, 1.165) is 21.9 Å². The zero-order valence-corrected chi connectivity index (χ0v) is 10.2. The molecule has 0 radical (unpaired) electrons. The highest BCUT2D eigenvalue weighted by Gasteiger charge is 2.31. The number of thiophene rings is 1. The molecule has 3 heteroatoms. The van der Waals surface area contributed by atoms with Gasteiger partial charge in [0.1, 0.15) is 4.34 Å². The van der Waals surface area contributed by atoms with Crippen molar-refractivity contribution in [2.75, 3.05) is 5.32 Å². The zero-order valence-electron chi connectivity index (χ0n) is 8.59. The summed E-state index contributed by atoms with van der Waals surface area (Å²) in [6.07, 6.45) is 2.59. The summed E-state index contributed by atoms with van der Waals surface area (Å²) in [6, 6.07) is 2.71. The molecule has 1 aliphatic rings. The largest absolute Gasteiger partial charge is 0.380 e.